The van der Waals surface area contributed by atoms with Gasteiger partial charge >= 0.3 is 5.97 Å². The molecule has 0 radical (unpaired) electrons. The van der Waals surface area contributed by atoms with Crippen LogP contribution in [0.2, 0.25) is 0 Å². The number of rotatable bonds is 6. The highest BCUT2D eigenvalue weighted by atomic mass is 16.5. The van der Waals surface area contributed by atoms with Crippen molar-refractivity contribution in [3.8, 4) is 5.88 Å². The molecule has 6 heteroatoms. The highest BCUT2D eigenvalue weighted by Crippen LogP contribution is 2.23. The molecule has 0 saturated carbocycles. The summed E-state index contributed by atoms with van der Waals surface area (Å²) in [5, 5.41) is 8.90. The van der Waals surface area contributed by atoms with E-state index in [1.54, 1.807) is 31.3 Å². The molecule has 1 N–H and O–H groups in total. The van der Waals surface area contributed by atoms with Crippen molar-refractivity contribution in [2.45, 2.75) is 26.9 Å². The highest BCUT2D eigenvalue weighted by molar-refractivity contribution is 5.70. The summed E-state index contributed by atoms with van der Waals surface area (Å²) in [6.07, 6.45) is 3.10. The summed E-state index contributed by atoms with van der Waals surface area (Å²) in [7, 11) is 1.77. The van der Waals surface area contributed by atoms with E-state index in [4.69, 9.17) is 9.84 Å². The zero-order valence-corrected chi connectivity index (χ0v) is 11.1. The van der Waals surface area contributed by atoms with E-state index in [2.05, 4.69) is 9.97 Å². The fourth-order valence-corrected chi connectivity index (χ4v) is 1.46. The van der Waals surface area contributed by atoms with Crippen molar-refractivity contribution in [1.82, 2.24) is 9.97 Å². The van der Waals surface area contributed by atoms with Gasteiger partial charge in [0.05, 0.1) is 12.0 Å². The minimum atomic E-state index is -0.836. The first kappa shape index (κ1) is 14.2. The van der Waals surface area contributed by atoms with E-state index < -0.39 is 11.9 Å². The predicted octanol–water partition coefficient (Wildman–Crippen LogP) is 1.42. The van der Waals surface area contributed by atoms with Crippen molar-refractivity contribution in [2.75, 3.05) is 18.5 Å². The number of ether oxygens (including phenoxy) is 1. The topological polar surface area (TPSA) is 75.6 Å². The van der Waals surface area contributed by atoms with Crippen LogP contribution in [-0.2, 0) is 4.79 Å². The van der Waals surface area contributed by atoms with Crippen LogP contribution in [0.15, 0.2) is 12.4 Å². The molecule has 1 unspecified atom stereocenters. The molecule has 0 aromatic carbocycles. The van der Waals surface area contributed by atoms with Crippen molar-refractivity contribution >= 4 is 11.8 Å². The van der Waals surface area contributed by atoms with E-state index in [0.29, 0.717) is 18.2 Å². The van der Waals surface area contributed by atoms with E-state index >= 15 is 0 Å². The van der Waals surface area contributed by atoms with E-state index in [9.17, 15) is 4.79 Å². The average molecular weight is 253 g/mol. The molecule has 0 spiro atoms. The van der Waals surface area contributed by atoms with E-state index in [1.807, 2.05) is 13.8 Å². The number of hydrogen-bond acceptors (Lipinski definition) is 5. The Morgan fingerprint density at radius 3 is 2.56 bits per heavy atom. The number of nitrogens with zero attached hydrogens (tertiary/aromatic N) is 3. The van der Waals surface area contributed by atoms with Gasteiger partial charge in [-0.25, -0.2) is 9.97 Å². The molecule has 1 atom stereocenters. The lowest BCUT2D eigenvalue weighted by molar-refractivity contribution is -0.140. The summed E-state index contributed by atoms with van der Waals surface area (Å²) >= 11 is 0. The molecule has 0 aliphatic heterocycles. The number of carboxylic acids is 1. The maximum Gasteiger partial charge on any atom is 0.308 e. The SMILES string of the molecule is CC(C)Oc1nccnc1N(C)CC(C)C(=O)O. The third-order valence-corrected chi connectivity index (χ3v) is 2.32. The van der Waals surface area contributed by atoms with Gasteiger partial charge in [-0.05, 0) is 13.8 Å². The van der Waals surface area contributed by atoms with Gasteiger partial charge in [0.2, 0.25) is 0 Å². The van der Waals surface area contributed by atoms with Crippen LogP contribution in [0.25, 0.3) is 0 Å². The molecule has 18 heavy (non-hydrogen) atoms. The third kappa shape index (κ3) is 3.87. The maximum absolute atomic E-state index is 10.8. The van der Waals surface area contributed by atoms with Crippen molar-refractivity contribution in [3.05, 3.63) is 12.4 Å². The first-order chi connectivity index (χ1) is 8.41. The second-order valence-electron chi connectivity index (χ2n) is 4.47. The number of carbonyl (C=O) groups is 1. The molecule has 1 aromatic heterocycles. The second kappa shape index (κ2) is 6.18. The van der Waals surface area contributed by atoms with E-state index in [1.165, 1.54) is 0 Å². The largest absolute Gasteiger partial charge is 0.481 e. The van der Waals surface area contributed by atoms with Gasteiger partial charge in [0.25, 0.3) is 5.88 Å². The summed E-state index contributed by atoms with van der Waals surface area (Å²) in [5.74, 6) is -0.340. The Morgan fingerprint density at radius 1 is 1.39 bits per heavy atom. The fourth-order valence-electron chi connectivity index (χ4n) is 1.46. The molecule has 100 valence electrons. The predicted molar refractivity (Wildman–Crippen MR) is 67.9 cm³/mol. The van der Waals surface area contributed by atoms with Gasteiger partial charge in [0.15, 0.2) is 5.82 Å². The van der Waals surface area contributed by atoms with Crippen LogP contribution >= 0.6 is 0 Å². The van der Waals surface area contributed by atoms with Crippen molar-refractivity contribution in [3.63, 3.8) is 0 Å². The normalized spacial score (nSPS) is 12.3. The van der Waals surface area contributed by atoms with Gasteiger partial charge in [-0.3, -0.25) is 4.79 Å². The van der Waals surface area contributed by atoms with Crippen LogP contribution in [0.4, 0.5) is 5.82 Å². The zero-order chi connectivity index (χ0) is 13.7. The Bertz CT molecular complexity index is 409. The molecular formula is C12H19N3O3. The molecule has 0 aliphatic carbocycles. The van der Waals surface area contributed by atoms with Gasteiger partial charge in [-0.2, -0.15) is 0 Å². The quantitative estimate of drug-likeness (QED) is 0.826. The van der Waals surface area contributed by atoms with E-state index in [-0.39, 0.29) is 6.10 Å². The summed E-state index contributed by atoms with van der Waals surface area (Å²) in [6.45, 7) is 5.80. The van der Waals surface area contributed by atoms with Crippen LogP contribution in [0.5, 0.6) is 5.88 Å². The smallest absolute Gasteiger partial charge is 0.308 e. The lowest BCUT2D eigenvalue weighted by Gasteiger charge is -2.22. The standard InChI is InChI=1S/C12H19N3O3/c1-8(2)18-11-10(13-5-6-14-11)15(4)7-9(3)12(16)17/h5-6,8-9H,7H2,1-4H3,(H,16,17). The van der Waals surface area contributed by atoms with Gasteiger partial charge in [0, 0.05) is 26.0 Å². The summed E-state index contributed by atoms with van der Waals surface area (Å²) in [5.41, 5.74) is 0. The average Bonchev–Trinajstić information content (AvgIpc) is 2.28. The van der Waals surface area contributed by atoms with Crippen LogP contribution in [0, 0.1) is 5.92 Å². The first-order valence-corrected chi connectivity index (χ1v) is 5.83. The van der Waals surface area contributed by atoms with Gasteiger partial charge in [0.1, 0.15) is 0 Å². The summed E-state index contributed by atoms with van der Waals surface area (Å²) < 4.78 is 5.55. The molecule has 0 bridgehead atoms. The first-order valence-electron chi connectivity index (χ1n) is 5.83. The molecular weight excluding hydrogens is 234 g/mol. The molecule has 1 rings (SSSR count). The molecule has 6 nitrogen and oxygen atoms in total. The van der Waals surface area contributed by atoms with Crippen LogP contribution in [0.3, 0.4) is 0 Å². The third-order valence-electron chi connectivity index (χ3n) is 2.32. The Hall–Kier alpha value is -1.85. The lowest BCUT2D eigenvalue weighted by Crippen LogP contribution is -2.29. The second-order valence-corrected chi connectivity index (χ2v) is 4.47. The number of hydrogen-bond donors (Lipinski definition) is 1. The number of aromatic nitrogens is 2. The fraction of sp³-hybridized carbons (Fsp3) is 0.583. The molecule has 1 heterocycles. The Kier molecular flexibility index (Phi) is 4.88. The van der Waals surface area contributed by atoms with E-state index in [0.717, 1.165) is 0 Å². The van der Waals surface area contributed by atoms with Gasteiger partial charge < -0.3 is 14.7 Å². The molecule has 0 aliphatic rings. The van der Waals surface area contributed by atoms with Crippen molar-refractivity contribution in [1.29, 1.82) is 0 Å². The highest BCUT2D eigenvalue weighted by Gasteiger charge is 2.18. The summed E-state index contributed by atoms with van der Waals surface area (Å²) in [4.78, 5) is 20.9. The maximum atomic E-state index is 10.8. The van der Waals surface area contributed by atoms with Crippen LogP contribution in [0.1, 0.15) is 20.8 Å². The molecule has 0 fully saturated rings. The zero-order valence-electron chi connectivity index (χ0n) is 11.1. The molecule has 0 amide bonds. The Balaban J connectivity index is 2.84. The van der Waals surface area contributed by atoms with Gasteiger partial charge in [-0.15, -0.1) is 0 Å². The minimum absolute atomic E-state index is 0.00857. The Morgan fingerprint density at radius 2 is 2.00 bits per heavy atom. The lowest BCUT2D eigenvalue weighted by atomic mass is 10.2. The van der Waals surface area contributed by atoms with Crippen LogP contribution < -0.4 is 9.64 Å². The summed E-state index contributed by atoms with van der Waals surface area (Å²) in [6, 6.07) is 0. The number of aliphatic carboxylic acids is 1. The number of anilines is 1. The molecule has 0 saturated heterocycles. The van der Waals surface area contributed by atoms with Crippen molar-refractivity contribution < 1.29 is 14.6 Å². The van der Waals surface area contributed by atoms with Crippen molar-refractivity contribution in [2.24, 2.45) is 5.92 Å². The molecule has 1 aromatic rings. The Labute approximate surface area is 107 Å². The minimum Gasteiger partial charge on any atom is -0.481 e. The number of carboxylic acid groups (broad SMARTS) is 1. The monoisotopic (exact) mass is 253 g/mol. The van der Waals surface area contributed by atoms with Crippen LogP contribution in [-0.4, -0.2) is 40.7 Å². The van der Waals surface area contributed by atoms with Gasteiger partial charge in [-0.1, -0.05) is 6.92 Å².